The molecule has 0 aromatic heterocycles. The zero-order chi connectivity index (χ0) is 15.8. The summed E-state index contributed by atoms with van der Waals surface area (Å²) in [5.74, 6) is 4.86. The van der Waals surface area contributed by atoms with E-state index >= 15 is 0 Å². The van der Waals surface area contributed by atoms with Gasteiger partial charge in [-0.25, -0.2) is 0 Å². The van der Waals surface area contributed by atoms with Gasteiger partial charge in [0.1, 0.15) is 0 Å². The third-order valence-corrected chi connectivity index (χ3v) is 6.92. The van der Waals surface area contributed by atoms with Crippen molar-refractivity contribution in [3.63, 3.8) is 0 Å². The third-order valence-electron chi connectivity index (χ3n) is 6.92. The Morgan fingerprint density at radius 2 is 1.55 bits per heavy atom. The van der Waals surface area contributed by atoms with Gasteiger partial charge in [0.15, 0.2) is 0 Å². The fraction of sp³-hybridized carbons (Fsp3) is 1.00. The first-order valence-electron chi connectivity index (χ1n) is 10.4. The van der Waals surface area contributed by atoms with Crippen molar-refractivity contribution in [1.29, 1.82) is 0 Å². The predicted octanol–water partition coefficient (Wildman–Crippen LogP) is 6.20. The van der Waals surface area contributed by atoms with Gasteiger partial charge in [0.2, 0.25) is 0 Å². The van der Waals surface area contributed by atoms with E-state index in [-0.39, 0.29) is 0 Å². The van der Waals surface area contributed by atoms with Gasteiger partial charge in [-0.1, -0.05) is 65.2 Å². The molecule has 0 heterocycles. The van der Waals surface area contributed by atoms with Gasteiger partial charge in [-0.15, -0.1) is 0 Å². The highest BCUT2D eigenvalue weighted by molar-refractivity contribution is 4.86. The second kappa shape index (κ2) is 9.96. The Bertz CT molecular complexity index is 280. The van der Waals surface area contributed by atoms with E-state index in [2.05, 4.69) is 13.8 Å². The molecule has 2 rings (SSSR count). The maximum Gasteiger partial charge on any atom is 0.0433 e. The number of aliphatic hydroxyl groups excluding tert-OH is 1. The zero-order valence-electron chi connectivity index (χ0n) is 15.2. The van der Waals surface area contributed by atoms with Crippen molar-refractivity contribution in [3.05, 3.63) is 0 Å². The first-order chi connectivity index (χ1) is 10.8. The van der Waals surface area contributed by atoms with Gasteiger partial charge in [0.25, 0.3) is 0 Å². The SMILES string of the molecule is CCCCCC1CCC(C2CCC(CCO)CC2CC)CC1. The summed E-state index contributed by atoms with van der Waals surface area (Å²) in [6.07, 6.45) is 18.5. The van der Waals surface area contributed by atoms with Crippen LogP contribution in [0.1, 0.15) is 97.3 Å². The van der Waals surface area contributed by atoms with E-state index < -0.39 is 0 Å². The van der Waals surface area contributed by atoms with Gasteiger partial charge in [-0.3, -0.25) is 0 Å². The van der Waals surface area contributed by atoms with Gasteiger partial charge in [0.05, 0.1) is 0 Å². The Morgan fingerprint density at radius 3 is 2.18 bits per heavy atom. The summed E-state index contributed by atoms with van der Waals surface area (Å²) < 4.78 is 0. The normalized spacial score (nSPS) is 36.4. The van der Waals surface area contributed by atoms with Crippen molar-refractivity contribution in [1.82, 2.24) is 0 Å². The average Bonchev–Trinajstić information content (AvgIpc) is 2.56. The van der Waals surface area contributed by atoms with E-state index in [1.54, 1.807) is 0 Å². The molecule has 0 aromatic rings. The second-order valence-electron chi connectivity index (χ2n) is 8.30. The molecule has 0 spiro atoms. The Balaban J connectivity index is 1.75. The molecule has 22 heavy (non-hydrogen) atoms. The molecule has 0 radical (unpaired) electrons. The quantitative estimate of drug-likeness (QED) is 0.529. The Morgan fingerprint density at radius 1 is 0.818 bits per heavy atom. The molecule has 0 aliphatic heterocycles. The molecular formula is C21H40O. The van der Waals surface area contributed by atoms with Crippen molar-refractivity contribution in [2.24, 2.45) is 29.6 Å². The summed E-state index contributed by atoms with van der Waals surface area (Å²) in [5.41, 5.74) is 0. The Labute approximate surface area is 139 Å². The second-order valence-corrected chi connectivity index (χ2v) is 8.30. The largest absolute Gasteiger partial charge is 0.396 e. The zero-order valence-corrected chi connectivity index (χ0v) is 15.2. The highest BCUT2D eigenvalue weighted by Crippen LogP contribution is 2.46. The lowest BCUT2D eigenvalue weighted by Crippen LogP contribution is -2.32. The van der Waals surface area contributed by atoms with Crippen molar-refractivity contribution in [2.45, 2.75) is 97.3 Å². The summed E-state index contributed by atoms with van der Waals surface area (Å²) in [7, 11) is 0. The fourth-order valence-electron chi connectivity index (χ4n) is 5.51. The maximum absolute atomic E-state index is 9.21. The minimum atomic E-state index is 0.397. The molecule has 3 unspecified atom stereocenters. The van der Waals surface area contributed by atoms with Crippen LogP contribution in [0.15, 0.2) is 0 Å². The van der Waals surface area contributed by atoms with E-state index in [9.17, 15) is 5.11 Å². The van der Waals surface area contributed by atoms with Crippen LogP contribution in [0, 0.1) is 29.6 Å². The minimum Gasteiger partial charge on any atom is -0.396 e. The monoisotopic (exact) mass is 308 g/mol. The number of rotatable bonds is 8. The highest BCUT2D eigenvalue weighted by Gasteiger charge is 2.35. The molecule has 2 aliphatic rings. The lowest BCUT2D eigenvalue weighted by atomic mass is 9.63. The number of aliphatic hydroxyl groups is 1. The first-order valence-corrected chi connectivity index (χ1v) is 10.4. The van der Waals surface area contributed by atoms with Crippen molar-refractivity contribution < 1.29 is 5.11 Å². The lowest BCUT2D eigenvalue weighted by molar-refractivity contribution is 0.0752. The topological polar surface area (TPSA) is 20.2 Å². The summed E-state index contributed by atoms with van der Waals surface area (Å²) in [5, 5.41) is 9.21. The van der Waals surface area contributed by atoms with E-state index in [0.717, 1.165) is 36.0 Å². The van der Waals surface area contributed by atoms with E-state index in [1.807, 2.05) is 0 Å². The van der Waals surface area contributed by atoms with Crippen molar-refractivity contribution in [2.75, 3.05) is 6.61 Å². The molecule has 2 saturated carbocycles. The summed E-state index contributed by atoms with van der Waals surface area (Å²) in [6, 6.07) is 0. The van der Waals surface area contributed by atoms with Crippen molar-refractivity contribution in [3.8, 4) is 0 Å². The Kier molecular flexibility index (Phi) is 8.28. The van der Waals surface area contributed by atoms with Crippen LogP contribution in [0.4, 0.5) is 0 Å². The number of hydrogen-bond acceptors (Lipinski definition) is 1. The van der Waals surface area contributed by atoms with Gasteiger partial charge in [-0.05, 0) is 61.7 Å². The molecule has 1 heteroatoms. The lowest BCUT2D eigenvalue weighted by Gasteiger charge is -2.43. The summed E-state index contributed by atoms with van der Waals surface area (Å²) in [6.45, 7) is 5.11. The van der Waals surface area contributed by atoms with Gasteiger partial charge in [-0.2, -0.15) is 0 Å². The molecule has 0 amide bonds. The maximum atomic E-state index is 9.21. The van der Waals surface area contributed by atoms with Crippen LogP contribution in [-0.4, -0.2) is 11.7 Å². The molecular weight excluding hydrogens is 268 g/mol. The number of hydrogen-bond donors (Lipinski definition) is 1. The summed E-state index contributed by atoms with van der Waals surface area (Å²) >= 11 is 0. The van der Waals surface area contributed by atoms with E-state index in [0.29, 0.717) is 6.61 Å². The molecule has 0 bridgehead atoms. The summed E-state index contributed by atoms with van der Waals surface area (Å²) in [4.78, 5) is 0. The van der Waals surface area contributed by atoms with Crippen LogP contribution in [0.25, 0.3) is 0 Å². The standard InChI is InChI=1S/C21H40O/c1-3-5-6-7-17-8-11-20(12-9-17)21-13-10-18(14-15-22)16-19(21)4-2/h17-22H,3-16H2,1-2H3. The van der Waals surface area contributed by atoms with Crippen molar-refractivity contribution >= 4 is 0 Å². The molecule has 130 valence electrons. The smallest absolute Gasteiger partial charge is 0.0433 e. The molecule has 2 aliphatic carbocycles. The van der Waals surface area contributed by atoms with Gasteiger partial charge >= 0.3 is 0 Å². The average molecular weight is 309 g/mol. The number of unbranched alkanes of at least 4 members (excludes halogenated alkanes) is 2. The highest BCUT2D eigenvalue weighted by atomic mass is 16.3. The van der Waals surface area contributed by atoms with Crippen LogP contribution in [0.5, 0.6) is 0 Å². The van der Waals surface area contributed by atoms with Gasteiger partial charge < -0.3 is 5.11 Å². The molecule has 3 atom stereocenters. The van der Waals surface area contributed by atoms with Crippen LogP contribution >= 0.6 is 0 Å². The predicted molar refractivity (Wildman–Crippen MR) is 95.9 cm³/mol. The first kappa shape index (κ1) is 18.3. The van der Waals surface area contributed by atoms with E-state index in [1.165, 1.54) is 77.0 Å². The Hall–Kier alpha value is -0.0400. The molecule has 0 saturated heterocycles. The van der Waals surface area contributed by atoms with Crippen LogP contribution < -0.4 is 0 Å². The molecule has 2 fully saturated rings. The molecule has 1 nitrogen and oxygen atoms in total. The van der Waals surface area contributed by atoms with Gasteiger partial charge in [0, 0.05) is 6.61 Å². The van der Waals surface area contributed by atoms with Crippen LogP contribution in [-0.2, 0) is 0 Å². The third kappa shape index (κ3) is 5.25. The minimum absolute atomic E-state index is 0.397. The molecule has 1 N–H and O–H groups in total. The van der Waals surface area contributed by atoms with E-state index in [4.69, 9.17) is 0 Å². The van der Waals surface area contributed by atoms with Crippen LogP contribution in [0.2, 0.25) is 0 Å². The fourth-order valence-corrected chi connectivity index (χ4v) is 5.51. The molecule has 0 aromatic carbocycles. The van der Waals surface area contributed by atoms with Crippen LogP contribution in [0.3, 0.4) is 0 Å².